The maximum atomic E-state index is 2.31. The van der Waals surface area contributed by atoms with Crippen LogP contribution in [0.4, 0.5) is 0 Å². The second-order valence-corrected chi connectivity index (χ2v) is 5.56. The van der Waals surface area contributed by atoms with Gasteiger partial charge in [0.15, 0.2) is 0 Å². The second kappa shape index (κ2) is 3.21. The van der Waals surface area contributed by atoms with Gasteiger partial charge in [-0.1, -0.05) is 27.7 Å². The van der Waals surface area contributed by atoms with E-state index in [0.717, 1.165) is 0 Å². The first-order valence-electron chi connectivity index (χ1n) is 4.46. The quantitative estimate of drug-likeness (QED) is 0.610. The van der Waals surface area contributed by atoms with Crippen molar-refractivity contribution in [3.8, 4) is 0 Å². The Hall–Kier alpha value is -0.300. The Morgan fingerprint density at radius 2 is 1.92 bits per heavy atom. The summed E-state index contributed by atoms with van der Waals surface area (Å²) in [7, 11) is 0. The fourth-order valence-electron chi connectivity index (χ4n) is 1.11. The molecule has 0 aliphatic rings. The average molecular weight is 182 g/mol. The highest BCUT2D eigenvalue weighted by molar-refractivity contribution is 7.10. The van der Waals surface area contributed by atoms with Gasteiger partial charge in [0.2, 0.25) is 0 Å². The van der Waals surface area contributed by atoms with Crippen molar-refractivity contribution < 1.29 is 0 Å². The largest absolute Gasteiger partial charge is 0.148 e. The first-order chi connectivity index (χ1) is 5.41. The molecule has 1 aromatic rings. The second-order valence-electron chi connectivity index (χ2n) is 4.61. The van der Waals surface area contributed by atoms with Crippen LogP contribution in [0.25, 0.3) is 0 Å². The molecular weight excluding hydrogens is 164 g/mol. The summed E-state index contributed by atoms with van der Waals surface area (Å²) in [5.74, 6) is 0.663. The van der Waals surface area contributed by atoms with Crippen molar-refractivity contribution in [2.24, 2.45) is 5.41 Å². The van der Waals surface area contributed by atoms with Crippen LogP contribution >= 0.6 is 11.3 Å². The van der Waals surface area contributed by atoms with Gasteiger partial charge in [-0.15, -0.1) is 11.3 Å². The summed E-state index contributed by atoms with van der Waals surface area (Å²) in [4.78, 5) is 1.51. The first-order valence-corrected chi connectivity index (χ1v) is 5.34. The Balaban J connectivity index is 2.85. The molecule has 0 saturated carbocycles. The molecule has 1 aromatic heterocycles. The van der Waals surface area contributed by atoms with Crippen molar-refractivity contribution in [1.29, 1.82) is 0 Å². The molecule has 0 N–H and O–H groups in total. The van der Waals surface area contributed by atoms with Crippen LogP contribution in [0, 0.1) is 12.3 Å². The lowest BCUT2D eigenvalue weighted by molar-refractivity contribution is 0.343. The lowest BCUT2D eigenvalue weighted by Gasteiger charge is -2.26. The number of thiophene rings is 1. The summed E-state index contributed by atoms with van der Waals surface area (Å²) in [6.07, 6.45) is 0. The van der Waals surface area contributed by atoms with Crippen molar-refractivity contribution in [1.82, 2.24) is 0 Å². The van der Waals surface area contributed by atoms with Gasteiger partial charge in [0.1, 0.15) is 0 Å². The predicted molar refractivity (Wildman–Crippen MR) is 56.9 cm³/mol. The Morgan fingerprint density at radius 1 is 1.33 bits per heavy atom. The van der Waals surface area contributed by atoms with Crippen LogP contribution in [-0.2, 0) is 0 Å². The smallest absolute Gasteiger partial charge is 0.00813 e. The summed E-state index contributed by atoms with van der Waals surface area (Å²) < 4.78 is 0. The topological polar surface area (TPSA) is 0 Å². The van der Waals surface area contributed by atoms with E-state index in [2.05, 4.69) is 46.1 Å². The summed E-state index contributed by atoms with van der Waals surface area (Å²) >= 11 is 1.88. The zero-order valence-corrected chi connectivity index (χ0v) is 9.46. The van der Waals surface area contributed by atoms with Gasteiger partial charge in [-0.3, -0.25) is 0 Å². The molecule has 0 aromatic carbocycles. The van der Waals surface area contributed by atoms with Gasteiger partial charge in [0, 0.05) is 4.88 Å². The summed E-state index contributed by atoms with van der Waals surface area (Å²) in [5.41, 5.74) is 1.78. The number of rotatable bonds is 1. The normalized spacial score (nSPS) is 14.8. The molecule has 0 spiro atoms. The molecule has 12 heavy (non-hydrogen) atoms. The van der Waals surface area contributed by atoms with E-state index in [4.69, 9.17) is 0 Å². The average Bonchev–Trinajstić information content (AvgIpc) is 2.32. The fraction of sp³-hybridized carbons (Fsp3) is 0.636. The molecule has 1 heterocycles. The maximum Gasteiger partial charge on any atom is 0.00813 e. The molecule has 0 saturated heterocycles. The molecule has 1 atom stereocenters. The van der Waals surface area contributed by atoms with E-state index in [-0.39, 0.29) is 0 Å². The van der Waals surface area contributed by atoms with Crippen LogP contribution in [0.15, 0.2) is 11.4 Å². The van der Waals surface area contributed by atoms with Crippen molar-refractivity contribution in [3.63, 3.8) is 0 Å². The van der Waals surface area contributed by atoms with Gasteiger partial charge >= 0.3 is 0 Å². The molecule has 0 fully saturated rings. The van der Waals surface area contributed by atoms with Crippen LogP contribution in [0.3, 0.4) is 0 Å². The summed E-state index contributed by atoms with van der Waals surface area (Å²) in [6.45, 7) is 11.4. The fourth-order valence-corrected chi connectivity index (χ4v) is 2.31. The van der Waals surface area contributed by atoms with E-state index in [1.165, 1.54) is 10.4 Å². The van der Waals surface area contributed by atoms with Gasteiger partial charge in [0.25, 0.3) is 0 Å². The molecule has 0 aliphatic carbocycles. The van der Waals surface area contributed by atoms with Gasteiger partial charge in [-0.05, 0) is 35.3 Å². The van der Waals surface area contributed by atoms with E-state index in [0.29, 0.717) is 11.3 Å². The van der Waals surface area contributed by atoms with Crippen molar-refractivity contribution in [2.75, 3.05) is 0 Å². The SMILES string of the molecule is Cc1csc([C@H](C)C(C)(C)C)c1. The van der Waals surface area contributed by atoms with Crippen LogP contribution in [0.2, 0.25) is 0 Å². The van der Waals surface area contributed by atoms with E-state index in [1.54, 1.807) is 0 Å². The summed E-state index contributed by atoms with van der Waals surface area (Å²) in [5, 5.41) is 2.23. The zero-order valence-electron chi connectivity index (χ0n) is 8.64. The van der Waals surface area contributed by atoms with E-state index >= 15 is 0 Å². The molecule has 68 valence electrons. The molecule has 0 unspecified atom stereocenters. The minimum Gasteiger partial charge on any atom is -0.148 e. The molecule has 1 heteroatoms. The van der Waals surface area contributed by atoms with Crippen LogP contribution in [-0.4, -0.2) is 0 Å². The predicted octanol–water partition coefficient (Wildman–Crippen LogP) is 4.21. The maximum absolute atomic E-state index is 2.31. The van der Waals surface area contributed by atoms with Crippen LogP contribution in [0.1, 0.15) is 44.1 Å². The molecule has 0 amide bonds. The number of aryl methyl sites for hydroxylation is 1. The van der Waals surface area contributed by atoms with Crippen molar-refractivity contribution in [3.05, 3.63) is 21.9 Å². The molecular formula is C11H18S. The van der Waals surface area contributed by atoms with Crippen molar-refractivity contribution >= 4 is 11.3 Å². The van der Waals surface area contributed by atoms with E-state index < -0.39 is 0 Å². The zero-order chi connectivity index (χ0) is 9.35. The molecule has 0 bridgehead atoms. The lowest BCUT2D eigenvalue weighted by atomic mass is 9.81. The first kappa shape index (κ1) is 9.79. The monoisotopic (exact) mass is 182 g/mol. The third-order valence-electron chi connectivity index (χ3n) is 2.48. The lowest BCUT2D eigenvalue weighted by Crippen LogP contribution is -2.13. The van der Waals surface area contributed by atoms with Crippen LogP contribution in [0.5, 0.6) is 0 Å². The number of hydrogen-bond acceptors (Lipinski definition) is 1. The standard InChI is InChI=1S/C11H18S/c1-8-6-10(12-7-8)9(2)11(3,4)5/h6-7,9H,1-5H3/t9-/m0/s1. The van der Waals surface area contributed by atoms with Gasteiger partial charge in [-0.25, -0.2) is 0 Å². The highest BCUT2D eigenvalue weighted by atomic mass is 32.1. The number of hydrogen-bond donors (Lipinski definition) is 0. The Bertz CT molecular complexity index is 252. The minimum atomic E-state index is 0.386. The Labute approximate surface area is 79.6 Å². The third kappa shape index (κ3) is 2.10. The highest BCUT2D eigenvalue weighted by Crippen LogP contribution is 2.37. The van der Waals surface area contributed by atoms with Crippen LogP contribution < -0.4 is 0 Å². The molecule has 1 rings (SSSR count). The van der Waals surface area contributed by atoms with Crippen molar-refractivity contribution in [2.45, 2.75) is 40.5 Å². The van der Waals surface area contributed by atoms with Gasteiger partial charge in [0.05, 0.1) is 0 Å². The Morgan fingerprint density at radius 3 is 2.25 bits per heavy atom. The van der Waals surface area contributed by atoms with Gasteiger partial charge < -0.3 is 0 Å². The van der Waals surface area contributed by atoms with E-state index in [9.17, 15) is 0 Å². The van der Waals surface area contributed by atoms with Gasteiger partial charge in [-0.2, -0.15) is 0 Å². The molecule has 0 aliphatic heterocycles. The molecule has 0 radical (unpaired) electrons. The summed E-state index contributed by atoms with van der Waals surface area (Å²) in [6, 6.07) is 2.31. The van der Waals surface area contributed by atoms with E-state index in [1.807, 2.05) is 11.3 Å². The Kier molecular flexibility index (Phi) is 2.62. The molecule has 0 nitrogen and oxygen atoms in total. The highest BCUT2D eigenvalue weighted by Gasteiger charge is 2.22. The third-order valence-corrected chi connectivity index (χ3v) is 3.71. The minimum absolute atomic E-state index is 0.386.